The van der Waals surface area contributed by atoms with Crippen LogP contribution < -0.4 is 5.32 Å². The summed E-state index contributed by atoms with van der Waals surface area (Å²) in [5.41, 5.74) is 5.05. The maximum atomic E-state index is 12.1. The van der Waals surface area contributed by atoms with Crippen LogP contribution in [-0.2, 0) is 11.3 Å². The summed E-state index contributed by atoms with van der Waals surface area (Å²) in [6.07, 6.45) is 6.70. The van der Waals surface area contributed by atoms with E-state index >= 15 is 0 Å². The number of hydrogen-bond donors (Lipinski definition) is 1. The monoisotopic (exact) mass is 343 g/mol. The summed E-state index contributed by atoms with van der Waals surface area (Å²) in [4.78, 5) is 25.3. The predicted octanol–water partition coefficient (Wildman–Crippen LogP) is 2.92. The van der Waals surface area contributed by atoms with E-state index in [1.807, 2.05) is 60.0 Å². The zero-order chi connectivity index (χ0) is 17.9. The Bertz CT molecular complexity index is 1130. The summed E-state index contributed by atoms with van der Waals surface area (Å²) in [7, 11) is 0. The van der Waals surface area contributed by atoms with Gasteiger partial charge in [-0.15, -0.1) is 0 Å². The molecule has 3 heterocycles. The topological polar surface area (TPSA) is 72.2 Å². The van der Waals surface area contributed by atoms with Gasteiger partial charge in [0, 0.05) is 18.0 Å². The number of imidazole rings is 1. The summed E-state index contributed by atoms with van der Waals surface area (Å²) in [6.45, 7) is 2.39. The van der Waals surface area contributed by atoms with Gasteiger partial charge in [-0.2, -0.15) is 0 Å². The van der Waals surface area contributed by atoms with E-state index in [1.54, 1.807) is 12.3 Å². The van der Waals surface area contributed by atoms with Crippen LogP contribution in [0, 0.1) is 6.92 Å². The summed E-state index contributed by atoms with van der Waals surface area (Å²) < 4.78 is 2.00. The Labute approximate surface area is 150 Å². The van der Waals surface area contributed by atoms with Crippen LogP contribution in [0.15, 0.2) is 60.9 Å². The second-order valence-corrected chi connectivity index (χ2v) is 5.96. The molecule has 4 aromatic rings. The SMILES string of the molecule is Cc1cccc2nc(CNC(=O)/C=C/c3cnc4ccccc4n3)cn12. The molecule has 4 rings (SSSR count). The molecule has 0 saturated heterocycles. The molecule has 0 unspecified atom stereocenters. The standard InChI is InChI=1S/C20H17N5O/c1-14-5-4-8-19-24-16(13-25(14)19)12-22-20(26)10-9-15-11-21-17-6-2-3-7-18(17)23-15/h2-11,13H,12H2,1H3,(H,22,26)/b10-9+. The first-order valence-electron chi connectivity index (χ1n) is 8.30. The van der Waals surface area contributed by atoms with E-state index in [0.29, 0.717) is 12.2 Å². The molecule has 6 heteroatoms. The molecule has 1 amide bonds. The lowest BCUT2D eigenvalue weighted by atomic mass is 10.3. The fraction of sp³-hybridized carbons (Fsp3) is 0.100. The number of aromatic nitrogens is 4. The zero-order valence-electron chi connectivity index (χ0n) is 14.3. The minimum Gasteiger partial charge on any atom is -0.347 e. The van der Waals surface area contributed by atoms with Crippen molar-refractivity contribution in [1.29, 1.82) is 0 Å². The van der Waals surface area contributed by atoms with Crippen LogP contribution in [0.4, 0.5) is 0 Å². The van der Waals surface area contributed by atoms with Crippen molar-refractivity contribution >= 4 is 28.7 Å². The molecule has 1 aromatic carbocycles. The lowest BCUT2D eigenvalue weighted by Gasteiger charge is -1.99. The Morgan fingerprint density at radius 2 is 1.96 bits per heavy atom. The fourth-order valence-corrected chi connectivity index (χ4v) is 2.73. The van der Waals surface area contributed by atoms with Gasteiger partial charge in [-0.05, 0) is 37.3 Å². The molecule has 0 aliphatic carbocycles. The van der Waals surface area contributed by atoms with E-state index in [-0.39, 0.29) is 5.91 Å². The molecule has 1 N–H and O–H groups in total. The number of pyridine rings is 1. The van der Waals surface area contributed by atoms with Gasteiger partial charge in [0.05, 0.1) is 35.2 Å². The molecule has 128 valence electrons. The van der Waals surface area contributed by atoms with Gasteiger partial charge < -0.3 is 9.72 Å². The van der Waals surface area contributed by atoms with Crippen molar-refractivity contribution in [3.05, 3.63) is 78.0 Å². The normalized spacial score (nSPS) is 11.4. The Morgan fingerprint density at radius 3 is 2.81 bits per heavy atom. The van der Waals surface area contributed by atoms with Crippen molar-refractivity contribution in [2.45, 2.75) is 13.5 Å². The highest BCUT2D eigenvalue weighted by atomic mass is 16.1. The lowest BCUT2D eigenvalue weighted by molar-refractivity contribution is -0.116. The Kier molecular flexibility index (Phi) is 4.15. The van der Waals surface area contributed by atoms with Crippen molar-refractivity contribution in [1.82, 2.24) is 24.7 Å². The van der Waals surface area contributed by atoms with Crippen molar-refractivity contribution in [3.8, 4) is 0 Å². The summed E-state index contributed by atoms with van der Waals surface area (Å²) in [5, 5.41) is 2.84. The third-order valence-electron chi connectivity index (χ3n) is 4.06. The molecule has 0 spiro atoms. The number of carbonyl (C=O) groups is 1. The predicted molar refractivity (Wildman–Crippen MR) is 100 cm³/mol. The highest BCUT2D eigenvalue weighted by Gasteiger charge is 2.04. The first kappa shape index (κ1) is 16.0. The molecule has 0 aliphatic rings. The van der Waals surface area contributed by atoms with E-state index in [2.05, 4.69) is 20.3 Å². The van der Waals surface area contributed by atoms with Crippen LogP contribution in [0.2, 0.25) is 0 Å². The van der Waals surface area contributed by atoms with E-state index in [9.17, 15) is 4.79 Å². The number of nitrogens with one attached hydrogen (secondary N) is 1. The minimum absolute atomic E-state index is 0.200. The van der Waals surface area contributed by atoms with Crippen molar-refractivity contribution in [2.75, 3.05) is 0 Å². The summed E-state index contributed by atoms with van der Waals surface area (Å²) in [5.74, 6) is -0.200. The third kappa shape index (κ3) is 3.30. The van der Waals surface area contributed by atoms with Crippen molar-refractivity contribution < 1.29 is 4.79 Å². The molecule has 0 aliphatic heterocycles. The van der Waals surface area contributed by atoms with Gasteiger partial charge in [-0.3, -0.25) is 9.78 Å². The average Bonchev–Trinajstić information content (AvgIpc) is 3.09. The van der Waals surface area contributed by atoms with Gasteiger partial charge in [-0.1, -0.05) is 18.2 Å². The van der Waals surface area contributed by atoms with E-state index < -0.39 is 0 Å². The highest BCUT2D eigenvalue weighted by molar-refractivity contribution is 5.91. The summed E-state index contributed by atoms with van der Waals surface area (Å²) in [6, 6.07) is 13.5. The molecule has 0 bridgehead atoms. The van der Waals surface area contributed by atoms with Gasteiger partial charge in [0.15, 0.2) is 0 Å². The second kappa shape index (κ2) is 6.76. The maximum Gasteiger partial charge on any atom is 0.244 e. The molecule has 3 aromatic heterocycles. The van der Waals surface area contributed by atoms with Gasteiger partial charge in [-0.25, -0.2) is 9.97 Å². The second-order valence-electron chi connectivity index (χ2n) is 5.96. The number of fused-ring (bicyclic) bond motifs is 2. The lowest BCUT2D eigenvalue weighted by Crippen LogP contribution is -2.20. The van der Waals surface area contributed by atoms with Crippen LogP contribution >= 0.6 is 0 Å². The van der Waals surface area contributed by atoms with E-state index in [1.165, 1.54) is 6.08 Å². The number of para-hydroxylation sites is 2. The zero-order valence-corrected chi connectivity index (χ0v) is 14.3. The quantitative estimate of drug-likeness (QED) is 0.578. The Morgan fingerprint density at radius 1 is 1.12 bits per heavy atom. The number of hydrogen-bond acceptors (Lipinski definition) is 4. The molecule has 0 fully saturated rings. The third-order valence-corrected chi connectivity index (χ3v) is 4.06. The number of rotatable bonds is 4. The number of amides is 1. The number of benzene rings is 1. The van der Waals surface area contributed by atoms with Gasteiger partial charge in [0.2, 0.25) is 5.91 Å². The maximum absolute atomic E-state index is 12.1. The van der Waals surface area contributed by atoms with E-state index in [4.69, 9.17) is 0 Å². The molecule has 6 nitrogen and oxygen atoms in total. The van der Waals surface area contributed by atoms with Crippen molar-refractivity contribution in [3.63, 3.8) is 0 Å². The molecule has 0 radical (unpaired) electrons. The minimum atomic E-state index is -0.200. The first-order valence-corrected chi connectivity index (χ1v) is 8.30. The Balaban J connectivity index is 1.42. The van der Waals surface area contributed by atoms with Gasteiger partial charge in [0.1, 0.15) is 5.65 Å². The van der Waals surface area contributed by atoms with Gasteiger partial charge >= 0.3 is 0 Å². The Hall–Kier alpha value is -3.54. The number of nitrogens with zero attached hydrogens (tertiary/aromatic N) is 4. The van der Waals surface area contributed by atoms with Gasteiger partial charge in [0.25, 0.3) is 0 Å². The first-order chi connectivity index (χ1) is 12.7. The smallest absolute Gasteiger partial charge is 0.244 e. The highest BCUT2D eigenvalue weighted by Crippen LogP contribution is 2.10. The van der Waals surface area contributed by atoms with Crippen LogP contribution in [0.25, 0.3) is 22.8 Å². The fourth-order valence-electron chi connectivity index (χ4n) is 2.73. The summed E-state index contributed by atoms with van der Waals surface area (Å²) >= 11 is 0. The molecular weight excluding hydrogens is 326 g/mol. The van der Waals surface area contributed by atoms with Crippen molar-refractivity contribution in [2.24, 2.45) is 0 Å². The molecule has 0 saturated carbocycles. The average molecular weight is 343 g/mol. The van der Waals surface area contributed by atoms with E-state index in [0.717, 1.165) is 28.1 Å². The number of carbonyl (C=O) groups excluding carboxylic acids is 1. The molecular formula is C20H17N5O. The van der Waals surface area contributed by atoms with Crippen LogP contribution in [0.1, 0.15) is 17.1 Å². The molecule has 26 heavy (non-hydrogen) atoms. The van der Waals surface area contributed by atoms with Crippen LogP contribution in [0.3, 0.4) is 0 Å². The number of aryl methyl sites for hydroxylation is 1. The van der Waals surface area contributed by atoms with Crippen LogP contribution in [0.5, 0.6) is 0 Å². The van der Waals surface area contributed by atoms with Crippen LogP contribution in [-0.4, -0.2) is 25.3 Å². The largest absolute Gasteiger partial charge is 0.347 e. The molecule has 0 atom stereocenters.